The van der Waals surface area contributed by atoms with Crippen LogP contribution >= 0.6 is 0 Å². The summed E-state index contributed by atoms with van der Waals surface area (Å²) in [7, 11) is 0. The number of nitrogens with two attached hydrogens (primary N) is 1. The van der Waals surface area contributed by atoms with Gasteiger partial charge in [0.25, 0.3) is 0 Å². The lowest BCUT2D eigenvalue weighted by Crippen LogP contribution is -2.39. The highest BCUT2D eigenvalue weighted by Gasteiger charge is 2.55. The summed E-state index contributed by atoms with van der Waals surface area (Å²) >= 11 is 0. The Morgan fingerprint density at radius 2 is 2.20 bits per heavy atom. The second-order valence-corrected chi connectivity index (χ2v) is 6.11. The summed E-state index contributed by atoms with van der Waals surface area (Å²) in [4.78, 5) is 0. The summed E-state index contributed by atoms with van der Waals surface area (Å²) in [6, 6.07) is 11.3. The molecule has 4 unspecified atom stereocenters. The molecule has 1 heterocycles. The molecule has 3 heteroatoms. The molecule has 4 atom stereocenters. The number of hydrazine groups is 1. The Hall–Kier alpha value is -1.58. The Balaban J connectivity index is 1.56. The van der Waals surface area contributed by atoms with Crippen LogP contribution in [0.2, 0.25) is 0 Å². The number of fused-ring (bicyclic) bond motifs is 3. The first-order valence-electron chi connectivity index (χ1n) is 7.43. The van der Waals surface area contributed by atoms with E-state index in [9.17, 15) is 0 Å². The molecule has 0 radical (unpaired) electrons. The summed E-state index contributed by atoms with van der Waals surface area (Å²) < 4.78 is 5.17. The molecule has 20 heavy (non-hydrogen) atoms. The molecule has 0 aliphatic heterocycles. The van der Waals surface area contributed by atoms with Gasteiger partial charge in [-0.3, -0.25) is 11.3 Å². The van der Waals surface area contributed by atoms with Gasteiger partial charge < -0.3 is 4.42 Å². The molecular formula is C17H20N2O. The molecule has 0 amide bonds. The maximum atomic E-state index is 5.82. The van der Waals surface area contributed by atoms with Crippen LogP contribution in [0.25, 0.3) is 0 Å². The van der Waals surface area contributed by atoms with E-state index in [-0.39, 0.29) is 0 Å². The molecule has 0 bridgehead atoms. The minimum atomic E-state index is 0.341. The van der Waals surface area contributed by atoms with Gasteiger partial charge in [0, 0.05) is 6.04 Å². The molecular weight excluding hydrogens is 248 g/mol. The molecule has 104 valence electrons. The Morgan fingerprint density at radius 1 is 1.30 bits per heavy atom. The Labute approximate surface area is 119 Å². The molecule has 4 rings (SSSR count). The van der Waals surface area contributed by atoms with Gasteiger partial charge >= 0.3 is 0 Å². The van der Waals surface area contributed by atoms with Crippen LogP contribution in [0.3, 0.4) is 0 Å². The second kappa shape index (κ2) is 4.76. The molecule has 1 saturated carbocycles. The molecule has 2 aliphatic carbocycles. The first-order valence-corrected chi connectivity index (χ1v) is 7.43. The van der Waals surface area contributed by atoms with Gasteiger partial charge in [-0.25, -0.2) is 0 Å². The van der Waals surface area contributed by atoms with Crippen LogP contribution in [-0.2, 0) is 12.8 Å². The number of aryl methyl sites for hydroxylation is 1. The first-order chi connectivity index (χ1) is 9.88. The van der Waals surface area contributed by atoms with Crippen molar-refractivity contribution < 1.29 is 4.42 Å². The molecule has 1 aromatic heterocycles. The summed E-state index contributed by atoms with van der Waals surface area (Å²) in [5.74, 6) is 7.99. The quantitative estimate of drug-likeness (QED) is 0.662. The van der Waals surface area contributed by atoms with Crippen LogP contribution in [0.5, 0.6) is 0 Å². The smallest absolute Gasteiger partial charge is 0.0935 e. The lowest BCUT2D eigenvalue weighted by Gasteiger charge is -2.15. The Bertz CT molecular complexity index is 593. The zero-order valence-electron chi connectivity index (χ0n) is 11.5. The van der Waals surface area contributed by atoms with Crippen molar-refractivity contribution in [1.82, 2.24) is 5.43 Å². The van der Waals surface area contributed by atoms with Crippen molar-refractivity contribution in [3.8, 4) is 0 Å². The van der Waals surface area contributed by atoms with E-state index in [1.165, 1.54) is 24.0 Å². The fourth-order valence-electron chi connectivity index (χ4n) is 4.14. The van der Waals surface area contributed by atoms with E-state index >= 15 is 0 Å². The SMILES string of the molecule is NNC(Cc1ccoc1)C1C2CCc3ccccc3C21. The highest BCUT2D eigenvalue weighted by atomic mass is 16.3. The fourth-order valence-corrected chi connectivity index (χ4v) is 4.14. The van der Waals surface area contributed by atoms with E-state index in [1.54, 1.807) is 11.8 Å². The highest BCUT2D eigenvalue weighted by molar-refractivity contribution is 5.40. The van der Waals surface area contributed by atoms with Gasteiger partial charge in [-0.15, -0.1) is 0 Å². The van der Waals surface area contributed by atoms with E-state index in [1.807, 2.05) is 12.3 Å². The van der Waals surface area contributed by atoms with Gasteiger partial charge in [0.15, 0.2) is 0 Å². The number of furan rings is 1. The van der Waals surface area contributed by atoms with Crippen LogP contribution in [0.1, 0.15) is 29.0 Å². The monoisotopic (exact) mass is 268 g/mol. The summed E-state index contributed by atoms with van der Waals surface area (Å²) in [6.07, 6.45) is 7.03. The van der Waals surface area contributed by atoms with Crippen LogP contribution in [-0.4, -0.2) is 6.04 Å². The van der Waals surface area contributed by atoms with Crippen LogP contribution in [0, 0.1) is 11.8 Å². The zero-order chi connectivity index (χ0) is 13.5. The number of hydrogen-bond acceptors (Lipinski definition) is 3. The van der Waals surface area contributed by atoms with E-state index in [0.29, 0.717) is 17.9 Å². The van der Waals surface area contributed by atoms with Crippen molar-refractivity contribution in [3.05, 3.63) is 59.5 Å². The highest BCUT2D eigenvalue weighted by Crippen LogP contribution is 2.61. The molecule has 3 nitrogen and oxygen atoms in total. The third kappa shape index (κ3) is 1.89. The van der Waals surface area contributed by atoms with Crippen molar-refractivity contribution in [2.24, 2.45) is 17.7 Å². The predicted molar refractivity (Wildman–Crippen MR) is 78.0 cm³/mol. The average molecular weight is 268 g/mol. The normalized spacial score (nSPS) is 28.6. The van der Waals surface area contributed by atoms with Gasteiger partial charge in [0.05, 0.1) is 12.5 Å². The lowest BCUT2D eigenvalue weighted by atomic mass is 9.92. The fraction of sp³-hybridized carbons (Fsp3) is 0.412. The van der Waals surface area contributed by atoms with E-state index in [4.69, 9.17) is 10.3 Å². The molecule has 1 fully saturated rings. The molecule has 0 spiro atoms. The number of nitrogens with one attached hydrogen (secondary N) is 1. The Morgan fingerprint density at radius 3 is 3.00 bits per heavy atom. The minimum absolute atomic E-state index is 0.341. The summed E-state index contributed by atoms with van der Waals surface area (Å²) in [5.41, 5.74) is 7.37. The molecule has 0 saturated heterocycles. The van der Waals surface area contributed by atoms with E-state index in [0.717, 1.165) is 12.3 Å². The lowest BCUT2D eigenvalue weighted by molar-refractivity contribution is 0.439. The summed E-state index contributed by atoms with van der Waals surface area (Å²) in [6.45, 7) is 0. The van der Waals surface area contributed by atoms with Crippen molar-refractivity contribution in [2.45, 2.75) is 31.2 Å². The third-order valence-corrected chi connectivity index (χ3v) is 5.11. The number of rotatable bonds is 4. The first kappa shape index (κ1) is 12.2. The van der Waals surface area contributed by atoms with Crippen LogP contribution in [0.4, 0.5) is 0 Å². The second-order valence-electron chi connectivity index (χ2n) is 6.11. The standard InChI is InChI=1S/C17H20N2O/c18-19-15(9-11-7-8-20-10-11)17-14-6-5-12-3-1-2-4-13(12)16(14)17/h1-4,7-8,10,14-17,19H,5-6,9,18H2. The van der Waals surface area contributed by atoms with Gasteiger partial charge in [0.1, 0.15) is 0 Å². The van der Waals surface area contributed by atoms with Crippen molar-refractivity contribution >= 4 is 0 Å². The molecule has 2 aromatic rings. The largest absolute Gasteiger partial charge is 0.472 e. The van der Waals surface area contributed by atoms with Crippen LogP contribution < -0.4 is 11.3 Å². The van der Waals surface area contributed by atoms with E-state index in [2.05, 4.69) is 29.7 Å². The van der Waals surface area contributed by atoms with Crippen molar-refractivity contribution in [1.29, 1.82) is 0 Å². The van der Waals surface area contributed by atoms with Crippen LogP contribution in [0.15, 0.2) is 47.3 Å². The number of hydrogen-bond donors (Lipinski definition) is 2. The van der Waals surface area contributed by atoms with Gasteiger partial charge in [-0.1, -0.05) is 24.3 Å². The van der Waals surface area contributed by atoms with Crippen molar-refractivity contribution in [2.75, 3.05) is 0 Å². The average Bonchev–Trinajstić information content (AvgIpc) is 3.00. The molecule has 2 aliphatic rings. The summed E-state index contributed by atoms with van der Waals surface area (Å²) in [5, 5.41) is 0. The van der Waals surface area contributed by atoms with Gasteiger partial charge in [-0.2, -0.15) is 0 Å². The maximum Gasteiger partial charge on any atom is 0.0935 e. The van der Waals surface area contributed by atoms with Crippen molar-refractivity contribution in [3.63, 3.8) is 0 Å². The third-order valence-electron chi connectivity index (χ3n) is 5.11. The minimum Gasteiger partial charge on any atom is -0.472 e. The molecule has 1 aromatic carbocycles. The number of benzene rings is 1. The van der Waals surface area contributed by atoms with Gasteiger partial charge in [-0.05, 0) is 59.8 Å². The Kier molecular flexibility index (Phi) is 2.90. The van der Waals surface area contributed by atoms with Gasteiger partial charge in [0.2, 0.25) is 0 Å². The topological polar surface area (TPSA) is 51.2 Å². The van der Waals surface area contributed by atoms with E-state index < -0.39 is 0 Å². The maximum absolute atomic E-state index is 5.82. The molecule has 3 N–H and O–H groups in total. The zero-order valence-corrected chi connectivity index (χ0v) is 11.5. The predicted octanol–water partition coefficient (Wildman–Crippen LogP) is 2.63.